The zero-order valence-electron chi connectivity index (χ0n) is 15.2. The zero-order chi connectivity index (χ0) is 20.7. The van der Waals surface area contributed by atoms with Gasteiger partial charge >= 0.3 is 0 Å². The maximum absolute atomic E-state index is 13.4. The van der Waals surface area contributed by atoms with E-state index in [4.69, 9.17) is 11.6 Å². The fourth-order valence-electron chi connectivity index (χ4n) is 4.06. The summed E-state index contributed by atoms with van der Waals surface area (Å²) >= 11 is 7.85. The molecule has 0 unspecified atom stereocenters. The van der Waals surface area contributed by atoms with E-state index >= 15 is 0 Å². The molecule has 3 atom stereocenters. The van der Waals surface area contributed by atoms with E-state index in [1.807, 2.05) is 0 Å². The van der Waals surface area contributed by atoms with Crippen LogP contribution < -0.4 is 5.32 Å². The lowest BCUT2D eigenvalue weighted by Gasteiger charge is -2.26. The molecule has 3 nitrogen and oxygen atoms in total. The van der Waals surface area contributed by atoms with Crippen LogP contribution in [0.5, 0.6) is 0 Å². The summed E-state index contributed by atoms with van der Waals surface area (Å²) in [6.07, 6.45) is 3.50. The van der Waals surface area contributed by atoms with E-state index in [1.54, 1.807) is 23.9 Å². The van der Waals surface area contributed by atoms with Crippen molar-refractivity contribution in [3.05, 3.63) is 58.4 Å². The summed E-state index contributed by atoms with van der Waals surface area (Å²) < 4.78 is 39.8. The van der Waals surface area contributed by atoms with Crippen LogP contribution in [0.3, 0.4) is 0 Å². The normalized spacial score (nSPS) is 23.3. The number of anilines is 1. The summed E-state index contributed by atoms with van der Waals surface area (Å²) in [6.45, 7) is 0. The van der Waals surface area contributed by atoms with Crippen LogP contribution in [-0.2, 0) is 4.79 Å². The molecule has 4 rings (SSSR count). The molecule has 1 N–H and O–H groups in total. The van der Waals surface area contributed by atoms with Crippen molar-refractivity contribution in [3.63, 3.8) is 0 Å². The van der Waals surface area contributed by atoms with Crippen LogP contribution in [0, 0.1) is 29.3 Å². The molecule has 1 amide bonds. The number of Topliss-reactive ketones (excluding diaryl/α,β-unsaturated/α-hetero) is 1. The molecule has 0 aromatic heterocycles. The van der Waals surface area contributed by atoms with E-state index in [9.17, 15) is 22.8 Å². The molecule has 0 aliphatic heterocycles. The monoisotopic (exact) mass is 439 g/mol. The highest BCUT2D eigenvalue weighted by atomic mass is 35.5. The number of carbonyl (C=O) groups excluding carboxylic acids is 2. The molecule has 152 valence electrons. The highest BCUT2D eigenvalue weighted by Crippen LogP contribution is 2.46. The molecule has 2 aromatic rings. The molecule has 2 aromatic carbocycles. The number of amides is 1. The molecule has 0 saturated heterocycles. The van der Waals surface area contributed by atoms with Gasteiger partial charge < -0.3 is 5.32 Å². The number of ketones is 1. The highest BCUT2D eigenvalue weighted by Gasteiger charge is 2.41. The average molecular weight is 440 g/mol. The summed E-state index contributed by atoms with van der Waals surface area (Å²) in [5.41, 5.74) is 0.0785. The van der Waals surface area contributed by atoms with Crippen molar-refractivity contribution >= 4 is 40.7 Å². The quantitative estimate of drug-likeness (QED) is 0.607. The van der Waals surface area contributed by atoms with Crippen molar-refractivity contribution < 1.29 is 22.8 Å². The second-order valence-electron chi connectivity index (χ2n) is 7.44. The number of hydrogen-bond donors (Lipinski definition) is 1. The Morgan fingerprint density at radius 3 is 2.28 bits per heavy atom. The molecular formula is C21H17ClF3NO2S. The standard InChI is InChI=1S/C21H17ClF3NO2S/c22-15-4-3-12(21(28)26-13-8-16(23)19(25)17(24)9-13)7-18(15)29-14-5-10-1-2-11(6-14)20(10)27/h3-4,7-11,14H,1-2,5-6H2,(H,26,28)/t10-,11+,14-. The lowest BCUT2D eigenvalue weighted by molar-refractivity contribution is -0.125. The van der Waals surface area contributed by atoms with Crippen LogP contribution in [0.25, 0.3) is 0 Å². The van der Waals surface area contributed by atoms with Crippen molar-refractivity contribution in [3.8, 4) is 0 Å². The number of rotatable bonds is 4. The van der Waals surface area contributed by atoms with Crippen molar-refractivity contribution in [2.24, 2.45) is 11.8 Å². The minimum atomic E-state index is -1.59. The van der Waals surface area contributed by atoms with Gasteiger partial charge in [0.25, 0.3) is 5.91 Å². The number of benzene rings is 2. The second-order valence-corrected chi connectivity index (χ2v) is 9.19. The first kappa shape index (κ1) is 20.3. The Bertz CT molecular complexity index is 961. The van der Waals surface area contributed by atoms with Crippen LogP contribution >= 0.6 is 23.4 Å². The second kappa shape index (κ2) is 8.03. The lowest BCUT2D eigenvalue weighted by Crippen LogP contribution is -2.27. The van der Waals surface area contributed by atoms with Gasteiger partial charge in [-0.25, -0.2) is 13.2 Å². The van der Waals surface area contributed by atoms with Gasteiger partial charge in [0.2, 0.25) is 0 Å². The van der Waals surface area contributed by atoms with Crippen LogP contribution in [-0.4, -0.2) is 16.9 Å². The van der Waals surface area contributed by atoms with Gasteiger partial charge in [-0.15, -0.1) is 11.8 Å². The van der Waals surface area contributed by atoms with Crippen molar-refractivity contribution in [1.29, 1.82) is 0 Å². The molecule has 29 heavy (non-hydrogen) atoms. The maximum Gasteiger partial charge on any atom is 0.255 e. The molecule has 0 spiro atoms. The number of fused-ring (bicyclic) bond motifs is 2. The van der Waals surface area contributed by atoms with Gasteiger partial charge in [0, 0.05) is 45.4 Å². The van der Waals surface area contributed by atoms with Gasteiger partial charge in [-0.05, 0) is 43.9 Å². The number of carbonyl (C=O) groups is 2. The average Bonchev–Trinajstić information content (AvgIpc) is 2.89. The van der Waals surface area contributed by atoms with E-state index in [2.05, 4.69) is 5.32 Å². The third kappa shape index (κ3) is 4.16. The minimum absolute atomic E-state index is 0.125. The summed E-state index contributed by atoms with van der Waals surface area (Å²) in [7, 11) is 0. The Morgan fingerprint density at radius 1 is 1.03 bits per heavy atom. The van der Waals surface area contributed by atoms with Crippen LogP contribution in [0.4, 0.5) is 18.9 Å². The Labute approximate surface area is 175 Å². The summed E-state index contributed by atoms with van der Waals surface area (Å²) in [4.78, 5) is 25.3. The fraction of sp³-hybridized carbons (Fsp3) is 0.333. The largest absolute Gasteiger partial charge is 0.322 e. The smallest absolute Gasteiger partial charge is 0.255 e. The molecular weight excluding hydrogens is 423 g/mol. The SMILES string of the molecule is O=C(Nc1cc(F)c(F)c(F)c1)c1ccc(Cl)c(S[C@@H]2C[C@H]3CC[C@@H](C2)C3=O)c1. The van der Waals surface area contributed by atoms with E-state index in [1.165, 1.54) is 6.07 Å². The van der Waals surface area contributed by atoms with Crippen LogP contribution in [0.1, 0.15) is 36.0 Å². The van der Waals surface area contributed by atoms with Gasteiger partial charge in [-0.3, -0.25) is 9.59 Å². The number of halogens is 4. The molecule has 2 fully saturated rings. The molecule has 2 aliphatic carbocycles. The zero-order valence-corrected chi connectivity index (χ0v) is 16.8. The third-order valence-corrected chi connectivity index (χ3v) is 7.24. The summed E-state index contributed by atoms with van der Waals surface area (Å²) in [6, 6.07) is 6.16. The van der Waals surface area contributed by atoms with Gasteiger partial charge in [0.1, 0.15) is 5.78 Å². The van der Waals surface area contributed by atoms with Crippen molar-refractivity contribution in [2.45, 2.75) is 35.8 Å². The van der Waals surface area contributed by atoms with Crippen LogP contribution in [0.2, 0.25) is 5.02 Å². The lowest BCUT2D eigenvalue weighted by atomic mass is 9.87. The van der Waals surface area contributed by atoms with Gasteiger partial charge in [0.05, 0.1) is 5.02 Å². The molecule has 2 bridgehead atoms. The van der Waals surface area contributed by atoms with Crippen molar-refractivity contribution in [2.75, 3.05) is 5.32 Å². The predicted octanol–water partition coefficient (Wildman–Crippen LogP) is 5.86. The fourth-order valence-corrected chi connectivity index (χ4v) is 5.70. The molecule has 0 radical (unpaired) electrons. The highest BCUT2D eigenvalue weighted by molar-refractivity contribution is 8.00. The topological polar surface area (TPSA) is 46.2 Å². The molecule has 8 heteroatoms. The van der Waals surface area contributed by atoms with Gasteiger partial charge in [0.15, 0.2) is 17.5 Å². The van der Waals surface area contributed by atoms with E-state index in [0.29, 0.717) is 10.8 Å². The first-order chi connectivity index (χ1) is 13.8. The first-order valence-electron chi connectivity index (χ1n) is 9.27. The minimum Gasteiger partial charge on any atom is -0.322 e. The summed E-state index contributed by atoms with van der Waals surface area (Å²) in [5, 5.41) is 3.11. The van der Waals surface area contributed by atoms with Gasteiger partial charge in [-0.2, -0.15) is 0 Å². The Hall–Kier alpha value is -1.99. The Kier molecular flexibility index (Phi) is 5.62. The van der Waals surface area contributed by atoms with Crippen molar-refractivity contribution in [1.82, 2.24) is 0 Å². The number of hydrogen-bond acceptors (Lipinski definition) is 3. The number of thioether (sulfide) groups is 1. The van der Waals surface area contributed by atoms with Gasteiger partial charge in [-0.1, -0.05) is 11.6 Å². The molecule has 2 saturated carbocycles. The van der Waals surface area contributed by atoms with Crippen LogP contribution in [0.15, 0.2) is 35.2 Å². The Morgan fingerprint density at radius 2 is 1.66 bits per heavy atom. The van der Waals surface area contributed by atoms with E-state index in [0.717, 1.165) is 42.7 Å². The van der Waals surface area contributed by atoms with E-state index in [-0.39, 0.29) is 28.3 Å². The van der Waals surface area contributed by atoms with E-state index < -0.39 is 23.4 Å². The number of nitrogens with one attached hydrogen (secondary N) is 1. The molecule has 2 aliphatic rings. The third-order valence-electron chi connectivity index (χ3n) is 5.49. The first-order valence-corrected chi connectivity index (χ1v) is 10.5. The Balaban J connectivity index is 1.49. The summed E-state index contributed by atoms with van der Waals surface area (Å²) in [5.74, 6) is -4.32. The maximum atomic E-state index is 13.4. The molecule has 0 heterocycles. The predicted molar refractivity (Wildman–Crippen MR) is 106 cm³/mol.